The number of aliphatic hydroxyl groups excluding tert-OH is 1. The maximum absolute atomic E-state index is 17.2. The molecule has 178 valence electrons. The fourth-order valence-corrected chi connectivity index (χ4v) is 8.02. The lowest BCUT2D eigenvalue weighted by Crippen LogP contribution is -2.69. The number of carbonyl (C=O) groups is 2. The molecule has 4 aliphatic carbocycles. The number of hydrogen-bond acceptors (Lipinski definition) is 5. The third-order valence-electron chi connectivity index (χ3n) is 9.47. The summed E-state index contributed by atoms with van der Waals surface area (Å²) in [5.74, 6) is -0.949. The van der Waals surface area contributed by atoms with E-state index < -0.39 is 34.1 Å². The fourth-order valence-electron chi connectivity index (χ4n) is 8.02. The van der Waals surface area contributed by atoms with Gasteiger partial charge in [-0.25, -0.2) is 4.39 Å². The maximum Gasteiger partial charge on any atom is 0.190 e. The molecule has 3 fully saturated rings. The first-order chi connectivity index (χ1) is 14.9. The van der Waals surface area contributed by atoms with E-state index in [9.17, 15) is 14.7 Å². The molecule has 0 aromatic heterocycles. The van der Waals surface area contributed by atoms with E-state index in [2.05, 4.69) is 0 Å². The Morgan fingerprint density at radius 1 is 1.31 bits per heavy atom. The molecular weight excluding hydrogens is 411 g/mol. The second kappa shape index (κ2) is 7.57. The molecule has 6 heteroatoms. The van der Waals surface area contributed by atoms with Crippen molar-refractivity contribution in [2.45, 2.75) is 83.8 Å². The zero-order valence-electron chi connectivity index (χ0n) is 20.1. The van der Waals surface area contributed by atoms with Crippen molar-refractivity contribution >= 4 is 11.6 Å². The standard InChI is InChI=1S/C26H37FO5/c1-15(2)32-14-22(30)26(31-6)16(3)11-20-19-8-7-17-12-18(28)9-10-23(17,4)25(19,27)21(29)13-24(20,26)5/h9-10,12,15-16,19-21,29H,7-8,11,13-14H2,1-6H3/t16-,19+,20+,21+,23+,24+,25+,26+/m1/s1. The minimum atomic E-state index is -1.90. The molecule has 0 unspecified atom stereocenters. The molecule has 0 heterocycles. The van der Waals surface area contributed by atoms with Crippen LogP contribution in [0.25, 0.3) is 0 Å². The van der Waals surface area contributed by atoms with Crippen molar-refractivity contribution in [3.8, 4) is 0 Å². The number of rotatable bonds is 5. The van der Waals surface area contributed by atoms with Crippen molar-refractivity contribution in [1.82, 2.24) is 0 Å². The number of hydrogen-bond donors (Lipinski definition) is 1. The minimum Gasteiger partial charge on any atom is -0.390 e. The van der Waals surface area contributed by atoms with Gasteiger partial charge in [-0.1, -0.05) is 25.5 Å². The Morgan fingerprint density at radius 3 is 2.62 bits per heavy atom. The molecular formula is C26H37FO5. The molecule has 8 atom stereocenters. The predicted octanol–water partition coefficient (Wildman–Crippen LogP) is 3.98. The van der Waals surface area contributed by atoms with Gasteiger partial charge in [0, 0.05) is 23.9 Å². The van der Waals surface area contributed by atoms with Crippen molar-refractivity contribution in [2.24, 2.45) is 28.6 Å². The molecule has 3 saturated carbocycles. The highest BCUT2D eigenvalue weighted by Crippen LogP contribution is 2.71. The quantitative estimate of drug-likeness (QED) is 0.689. The Kier molecular flexibility index (Phi) is 5.63. The fraction of sp³-hybridized carbons (Fsp3) is 0.769. The molecule has 1 N–H and O–H groups in total. The zero-order valence-corrected chi connectivity index (χ0v) is 20.1. The monoisotopic (exact) mass is 448 g/mol. The van der Waals surface area contributed by atoms with Crippen LogP contribution in [0.2, 0.25) is 0 Å². The van der Waals surface area contributed by atoms with E-state index in [1.807, 2.05) is 34.6 Å². The van der Waals surface area contributed by atoms with E-state index in [4.69, 9.17) is 9.47 Å². The van der Waals surface area contributed by atoms with E-state index in [0.717, 1.165) is 5.57 Å². The summed E-state index contributed by atoms with van der Waals surface area (Å²) in [7, 11) is 1.56. The first kappa shape index (κ1) is 23.8. The highest BCUT2D eigenvalue weighted by molar-refractivity contribution is 6.01. The second-order valence-corrected chi connectivity index (χ2v) is 11.1. The van der Waals surface area contributed by atoms with Crippen LogP contribution >= 0.6 is 0 Å². The van der Waals surface area contributed by atoms with Gasteiger partial charge in [0.05, 0.1) is 12.2 Å². The van der Waals surface area contributed by atoms with Crippen LogP contribution in [0.15, 0.2) is 23.8 Å². The molecule has 0 amide bonds. The maximum atomic E-state index is 17.2. The van der Waals surface area contributed by atoms with Crippen LogP contribution in [0, 0.1) is 28.6 Å². The summed E-state index contributed by atoms with van der Waals surface area (Å²) >= 11 is 0. The Bertz CT molecular complexity index is 879. The van der Waals surface area contributed by atoms with Crippen LogP contribution in [0.3, 0.4) is 0 Å². The molecule has 0 bridgehead atoms. The van der Waals surface area contributed by atoms with Gasteiger partial charge in [0.15, 0.2) is 17.2 Å². The molecule has 0 aliphatic heterocycles. The van der Waals surface area contributed by atoms with Crippen molar-refractivity contribution in [3.63, 3.8) is 0 Å². The lowest BCUT2D eigenvalue weighted by atomic mass is 9.44. The third kappa shape index (κ3) is 2.78. The third-order valence-corrected chi connectivity index (χ3v) is 9.47. The van der Waals surface area contributed by atoms with Crippen LogP contribution in [0.1, 0.15) is 60.3 Å². The van der Waals surface area contributed by atoms with E-state index in [1.165, 1.54) is 6.08 Å². The lowest BCUT2D eigenvalue weighted by molar-refractivity contribution is -0.225. The molecule has 4 rings (SSSR count). The molecule has 32 heavy (non-hydrogen) atoms. The van der Waals surface area contributed by atoms with Gasteiger partial charge in [-0.05, 0) is 70.4 Å². The molecule has 4 aliphatic rings. The van der Waals surface area contributed by atoms with E-state index >= 15 is 4.39 Å². The number of ether oxygens (including phenoxy) is 2. The number of ketones is 2. The van der Waals surface area contributed by atoms with E-state index in [1.54, 1.807) is 19.3 Å². The lowest BCUT2D eigenvalue weighted by Gasteiger charge is -2.63. The van der Waals surface area contributed by atoms with Gasteiger partial charge in [-0.3, -0.25) is 9.59 Å². The van der Waals surface area contributed by atoms with Gasteiger partial charge in [-0.2, -0.15) is 0 Å². The summed E-state index contributed by atoms with van der Waals surface area (Å²) in [6.07, 6.45) is 5.19. The largest absolute Gasteiger partial charge is 0.390 e. The molecule has 0 radical (unpaired) electrons. The Labute approximate surface area is 190 Å². The average Bonchev–Trinajstić information content (AvgIpc) is 2.94. The normalized spacial score (nSPS) is 47.7. The van der Waals surface area contributed by atoms with Crippen molar-refractivity contribution in [2.75, 3.05) is 13.7 Å². The molecule has 0 saturated heterocycles. The van der Waals surface area contributed by atoms with Crippen LogP contribution in [-0.2, 0) is 19.1 Å². The molecule has 0 aromatic rings. The zero-order chi connectivity index (χ0) is 23.7. The highest BCUT2D eigenvalue weighted by atomic mass is 19.1. The van der Waals surface area contributed by atoms with Crippen LogP contribution < -0.4 is 0 Å². The summed E-state index contributed by atoms with van der Waals surface area (Å²) in [4.78, 5) is 25.5. The van der Waals surface area contributed by atoms with E-state index in [-0.39, 0.29) is 42.5 Å². The predicted molar refractivity (Wildman–Crippen MR) is 119 cm³/mol. The average molecular weight is 449 g/mol. The topological polar surface area (TPSA) is 72.8 Å². The van der Waals surface area contributed by atoms with E-state index in [0.29, 0.717) is 19.3 Å². The summed E-state index contributed by atoms with van der Waals surface area (Å²) in [5, 5.41) is 11.4. The van der Waals surface area contributed by atoms with Crippen LogP contribution in [0.5, 0.6) is 0 Å². The number of aliphatic hydroxyl groups is 1. The summed E-state index contributed by atoms with van der Waals surface area (Å²) in [6, 6.07) is 0. The van der Waals surface area contributed by atoms with Gasteiger partial charge in [-0.15, -0.1) is 0 Å². The Balaban J connectivity index is 1.78. The number of carbonyl (C=O) groups excluding carboxylic acids is 2. The Hall–Kier alpha value is -1.37. The van der Waals surface area contributed by atoms with Crippen LogP contribution in [0.4, 0.5) is 4.39 Å². The first-order valence-electron chi connectivity index (χ1n) is 11.9. The van der Waals surface area contributed by atoms with Crippen LogP contribution in [-0.4, -0.2) is 53.9 Å². The van der Waals surface area contributed by atoms with Crippen molar-refractivity contribution in [1.29, 1.82) is 0 Å². The number of methoxy groups -OCH3 is 1. The summed E-state index contributed by atoms with van der Waals surface area (Å²) in [5.41, 5.74) is -4.03. The Morgan fingerprint density at radius 2 is 2.00 bits per heavy atom. The summed E-state index contributed by atoms with van der Waals surface area (Å²) in [6.45, 7) is 9.51. The second-order valence-electron chi connectivity index (χ2n) is 11.1. The van der Waals surface area contributed by atoms with Crippen molar-refractivity contribution < 1.29 is 28.6 Å². The van der Waals surface area contributed by atoms with Gasteiger partial charge >= 0.3 is 0 Å². The SMILES string of the molecule is CO[C@]1(C(=O)COC(C)C)[C@H](C)C[C@H]2[C@@H]3CCC4=CC(=O)C=C[C@]4(C)[C@@]3(F)[C@@H](O)C[C@@]21C. The van der Waals surface area contributed by atoms with Gasteiger partial charge in [0.1, 0.15) is 12.2 Å². The number of Topliss-reactive ketones (excluding diaryl/α,β-unsaturated/α-hetero) is 1. The number of fused-ring (bicyclic) bond motifs is 5. The van der Waals surface area contributed by atoms with Gasteiger partial charge in [0.25, 0.3) is 0 Å². The molecule has 5 nitrogen and oxygen atoms in total. The number of halogens is 1. The van der Waals surface area contributed by atoms with Gasteiger partial charge < -0.3 is 14.6 Å². The molecule has 0 aromatic carbocycles. The van der Waals surface area contributed by atoms with Gasteiger partial charge in [0.2, 0.25) is 0 Å². The molecule has 0 spiro atoms. The first-order valence-corrected chi connectivity index (χ1v) is 11.9. The highest BCUT2D eigenvalue weighted by Gasteiger charge is 2.76. The smallest absolute Gasteiger partial charge is 0.190 e. The minimum absolute atomic E-state index is 0.0604. The number of alkyl halides is 1. The van der Waals surface area contributed by atoms with Crippen molar-refractivity contribution in [3.05, 3.63) is 23.8 Å². The summed E-state index contributed by atoms with van der Waals surface area (Å²) < 4.78 is 28.9. The number of allylic oxidation sites excluding steroid dienone is 4.